The molecule has 0 aliphatic carbocycles. The molecule has 8 heteroatoms. The first-order chi connectivity index (χ1) is 8.99. The molecule has 1 aliphatic rings. The molecular formula is C11H18N2O6. The lowest BCUT2D eigenvalue weighted by atomic mass is 10.2. The first-order valence-corrected chi connectivity index (χ1v) is 5.97. The molecule has 8 nitrogen and oxygen atoms in total. The van der Waals surface area contributed by atoms with Crippen LogP contribution in [0.3, 0.4) is 0 Å². The molecule has 2 amide bonds. The molecule has 1 fully saturated rings. The largest absolute Gasteiger partial charge is 0.480 e. The number of hydrogen-bond donors (Lipinski definition) is 2. The fraction of sp³-hybridized carbons (Fsp3) is 0.727. The molecule has 0 spiro atoms. The van der Waals surface area contributed by atoms with Crippen molar-refractivity contribution in [1.29, 1.82) is 0 Å². The van der Waals surface area contributed by atoms with Gasteiger partial charge in [-0.2, -0.15) is 0 Å². The number of hydrogen-bond acceptors (Lipinski definition) is 5. The number of morpholine rings is 1. The third kappa shape index (κ3) is 4.09. The van der Waals surface area contributed by atoms with E-state index in [1.165, 1.54) is 12.0 Å². The van der Waals surface area contributed by atoms with Crippen LogP contribution in [0.25, 0.3) is 0 Å². The number of carboxylic acids is 1. The van der Waals surface area contributed by atoms with Crippen LogP contribution in [0.2, 0.25) is 0 Å². The van der Waals surface area contributed by atoms with Gasteiger partial charge in [0.2, 0.25) is 0 Å². The molecule has 1 rings (SSSR count). The molecular weight excluding hydrogens is 256 g/mol. The van der Waals surface area contributed by atoms with E-state index in [1.807, 2.05) is 0 Å². The lowest BCUT2D eigenvalue weighted by Gasteiger charge is -2.32. The van der Waals surface area contributed by atoms with E-state index in [-0.39, 0.29) is 19.6 Å². The summed E-state index contributed by atoms with van der Waals surface area (Å²) in [6, 6.07) is -1.46. The fourth-order valence-electron chi connectivity index (χ4n) is 1.69. The first kappa shape index (κ1) is 15.2. The third-order valence-electron chi connectivity index (χ3n) is 2.82. The molecule has 1 aliphatic heterocycles. The predicted octanol–water partition coefficient (Wildman–Crippen LogP) is -0.567. The number of esters is 1. The van der Waals surface area contributed by atoms with Gasteiger partial charge < -0.3 is 24.8 Å². The highest BCUT2D eigenvalue weighted by Crippen LogP contribution is 2.07. The molecule has 1 saturated heterocycles. The van der Waals surface area contributed by atoms with Gasteiger partial charge in [-0.25, -0.2) is 14.4 Å². The predicted molar refractivity (Wildman–Crippen MR) is 63.6 cm³/mol. The monoisotopic (exact) mass is 274 g/mol. The van der Waals surface area contributed by atoms with Crippen molar-refractivity contribution in [3.63, 3.8) is 0 Å². The van der Waals surface area contributed by atoms with Crippen molar-refractivity contribution in [1.82, 2.24) is 10.2 Å². The van der Waals surface area contributed by atoms with Crippen LogP contribution in [-0.2, 0) is 19.1 Å². The first-order valence-electron chi connectivity index (χ1n) is 5.97. The van der Waals surface area contributed by atoms with Gasteiger partial charge in [0, 0.05) is 6.54 Å². The lowest BCUT2D eigenvalue weighted by Crippen LogP contribution is -2.54. The Morgan fingerprint density at radius 1 is 1.53 bits per heavy atom. The summed E-state index contributed by atoms with van der Waals surface area (Å²) in [6.45, 7) is 2.22. The average molecular weight is 274 g/mol. The van der Waals surface area contributed by atoms with Gasteiger partial charge in [0.15, 0.2) is 6.10 Å². The van der Waals surface area contributed by atoms with Gasteiger partial charge in [-0.05, 0) is 6.42 Å². The highest BCUT2D eigenvalue weighted by molar-refractivity contribution is 5.83. The Morgan fingerprint density at radius 3 is 2.74 bits per heavy atom. The summed E-state index contributed by atoms with van der Waals surface area (Å²) in [5, 5.41) is 11.3. The van der Waals surface area contributed by atoms with E-state index in [9.17, 15) is 14.4 Å². The molecule has 19 heavy (non-hydrogen) atoms. The maximum absolute atomic E-state index is 11.9. The number of nitrogens with zero attached hydrogens (tertiary/aromatic N) is 1. The molecule has 0 aromatic rings. The number of carbonyl (C=O) groups excluding carboxylic acids is 2. The molecule has 0 aromatic carbocycles. The quantitative estimate of drug-likeness (QED) is 0.665. The number of ether oxygens (including phenoxy) is 2. The zero-order valence-electron chi connectivity index (χ0n) is 10.9. The van der Waals surface area contributed by atoms with Crippen LogP contribution in [-0.4, -0.2) is 66.9 Å². The van der Waals surface area contributed by atoms with Crippen molar-refractivity contribution >= 4 is 18.0 Å². The summed E-state index contributed by atoms with van der Waals surface area (Å²) < 4.78 is 9.72. The van der Waals surface area contributed by atoms with Crippen LogP contribution in [0.4, 0.5) is 4.79 Å². The second kappa shape index (κ2) is 6.93. The number of rotatable bonds is 4. The molecule has 0 aromatic heterocycles. The molecule has 1 heterocycles. The van der Waals surface area contributed by atoms with E-state index in [2.05, 4.69) is 10.1 Å². The van der Waals surface area contributed by atoms with E-state index in [0.717, 1.165) is 0 Å². The van der Waals surface area contributed by atoms with Crippen molar-refractivity contribution in [2.45, 2.75) is 25.5 Å². The van der Waals surface area contributed by atoms with Crippen molar-refractivity contribution in [3.05, 3.63) is 0 Å². The fourth-order valence-corrected chi connectivity index (χ4v) is 1.69. The molecule has 2 N–H and O–H groups in total. The lowest BCUT2D eigenvalue weighted by molar-refractivity contribution is -0.158. The molecule has 2 atom stereocenters. The summed E-state index contributed by atoms with van der Waals surface area (Å²) in [5.41, 5.74) is 0. The van der Waals surface area contributed by atoms with Crippen LogP contribution in [0.5, 0.6) is 0 Å². The van der Waals surface area contributed by atoms with Crippen LogP contribution in [0.15, 0.2) is 0 Å². The van der Waals surface area contributed by atoms with E-state index < -0.39 is 30.1 Å². The Morgan fingerprint density at radius 2 is 2.21 bits per heavy atom. The van der Waals surface area contributed by atoms with Gasteiger partial charge in [-0.15, -0.1) is 0 Å². The minimum absolute atomic E-state index is 0.0502. The van der Waals surface area contributed by atoms with Gasteiger partial charge in [-0.3, -0.25) is 0 Å². The SMILES string of the molecule is CC[C@@H](NC(=O)N1CCOC(C(=O)OC)C1)C(=O)O. The number of carboxylic acid groups (broad SMARTS) is 1. The Hall–Kier alpha value is -1.83. The molecule has 1 unspecified atom stereocenters. The maximum atomic E-state index is 11.9. The average Bonchev–Trinajstić information content (AvgIpc) is 2.43. The van der Waals surface area contributed by atoms with E-state index in [1.54, 1.807) is 6.92 Å². The van der Waals surface area contributed by atoms with Gasteiger partial charge >= 0.3 is 18.0 Å². The third-order valence-corrected chi connectivity index (χ3v) is 2.82. The number of methoxy groups -OCH3 is 1. The van der Waals surface area contributed by atoms with E-state index in [0.29, 0.717) is 6.54 Å². The zero-order valence-corrected chi connectivity index (χ0v) is 10.9. The standard InChI is InChI=1S/C11H18N2O6/c1-3-7(9(14)15)12-11(17)13-4-5-19-8(6-13)10(16)18-2/h7-8H,3-6H2,1-2H3,(H,12,17)(H,14,15)/t7-,8?/m1/s1. The number of carbonyl (C=O) groups is 3. The second-order valence-electron chi connectivity index (χ2n) is 4.08. The summed E-state index contributed by atoms with van der Waals surface area (Å²) >= 11 is 0. The minimum atomic E-state index is -1.09. The van der Waals surface area contributed by atoms with Gasteiger partial charge in [0.05, 0.1) is 20.3 Å². The Labute approximate surface area is 110 Å². The molecule has 0 radical (unpaired) electrons. The molecule has 108 valence electrons. The second-order valence-corrected chi connectivity index (χ2v) is 4.08. The number of amides is 2. The maximum Gasteiger partial charge on any atom is 0.336 e. The highest BCUT2D eigenvalue weighted by Gasteiger charge is 2.31. The van der Waals surface area contributed by atoms with Crippen LogP contribution < -0.4 is 5.32 Å². The topological polar surface area (TPSA) is 105 Å². The summed E-state index contributed by atoms with van der Waals surface area (Å²) in [7, 11) is 1.24. The molecule has 0 saturated carbocycles. The van der Waals surface area contributed by atoms with Crippen molar-refractivity contribution in [2.24, 2.45) is 0 Å². The van der Waals surface area contributed by atoms with Gasteiger partial charge in [-0.1, -0.05) is 6.92 Å². The number of urea groups is 1. The number of nitrogens with one attached hydrogen (secondary N) is 1. The van der Waals surface area contributed by atoms with Gasteiger partial charge in [0.1, 0.15) is 6.04 Å². The Balaban J connectivity index is 2.57. The Kier molecular flexibility index (Phi) is 5.56. The smallest absolute Gasteiger partial charge is 0.336 e. The van der Waals surface area contributed by atoms with Crippen LogP contribution in [0, 0.1) is 0 Å². The minimum Gasteiger partial charge on any atom is -0.480 e. The summed E-state index contributed by atoms with van der Waals surface area (Å²) in [4.78, 5) is 35.4. The van der Waals surface area contributed by atoms with Crippen molar-refractivity contribution in [2.75, 3.05) is 26.8 Å². The normalized spacial score (nSPS) is 20.5. The van der Waals surface area contributed by atoms with Crippen molar-refractivity contribution < 1.29 is 29.0 Å². The summed E-state index contributed by atoms with van der Waals surface area (Å²) in [5.74, 6) is -1.64. The van der Waals surface area contributed by atoms with E-state index in [4.69, 9.17) is 9.84 Å². The zero-order chi connectivity index (χ0) is 14.4. The molecule has 0 bridgehead atoms. The number of aliphatic carboxylic acids is 1. The van der Waals surface area contributed by atoms with E-state index >= 15 is 0 Å². The van der Waals surface area contributed by atoms with Crippen molar-refractivity contribution in [3.8, 4) is 0 Å². The van der Waals surface area contributed by atoms with Crippen LogP contribution >= 0.6 is 0 Å². The van der Waals surface area contributed by atoms with Gasteiger partial charge in [0.25, 0.3) is 0 Å². The Bertz CT molecular complexity index is 359. The highest BCUT2D eigenvalue weighted by atomic mass is 16.6. The van der Waals surface area contributed by atoms with Crippen LogP contribution in [0.1, 0.15) is 13.3 Å². The summed E-state index contributed by atoms with van der Waals surface area (Å²) in [6.07, 6.45) is -0.541.